The molecule has 0 spiro atoms. The third kappa shape index (κ3) is 6.55. The van der Waals surface area contributed by atoms with E-state index in [1.54, 1.807) is 18.0 Å². The van der Waals surface area contributed by atoms with Gasteiger partial charge in [0.1, 0.15) is 18.1 Å². The standard InChI is InChI=1S/C24H33N5O5S/c1-14(27-22(31)20-8-5-10-29(20)23(32)17(25)9-11-35-2)21(30)28-19(24(33)34)12-15-13-26-18-7-4-3-6-16(15)18/h3-4,6-7,13-14,17,19-20,26H,5,8-12,25H2,1-2H3,(H,27,31)(H,28,30)(H,33,34). The van der Waals surface area contributed by atoms with Crippen LogP contribution in [-0.4, -0.2) is 81.4 Å². The lowest BCUT2D eigenvalue weighted by Crippen LogP contribution is -2.56. The van der Waals surface area contributed by atoms with E-state index in [-0.39, 0.29) is 12.3 Å². The molecule has 3 amide bonds. The van der Waals surface area contributed by atoms with Gasteiger partial charge in [0.25, 0.3) is 0 Å². The Kier molecular flexibility index (Phi) is 9.16. The van der Waals surface area contributed by atoms with E-state index in [2.05, 4.69) is 15.6 Å². The maximum Gasteiger partial charge on any atom is 0.326 e. The first-order chi connectivity index (χ1) is 16.7. The summed E-state index contributed by atoms with van der Waals surface area (Å²) in [6, 6.07) is 4.00. The van der Waals surface area contributed by atoms with Gasteiger partial charge in [0.15, 0.2) is 0 Å². The molecule has 11 heteroatoms. The molecule has 10 nitrogen and oxygen atoms in total. The summed E-state index contributed by atoms with van der Waals surface area (Å²) in [6.45, 7) is 1.93. The summed E-state index contributed by atoms with van der Waals surface area (Å²) in [7, 11) is 0. The minimum absolute atomic E-state index is 0.0879. The van der Waals surface area contributed by atoms with E-state index >= 15 is 0 Å². The third-order valence-electron chi connectivity index (χ3n) is 6.25. The minimum atomic E-state index is -1.17. The van der Waals surface area contributed by atoms with Gasteiger partial charge >= 0.3 is 5.97 Å². The number of benzene rings is 1. The van der Waals surface area contributed by atoms with Crippen molar-refractivity contribution >= 4 is 46.4 Å². The third-order valence-corrected chi connectivity index (χ3v) is 6.90. The SMILES string of the molecule is CSCCC(N)C(=O)N1CCCC1C(=O)NC(C)C(=O)NC(Cc1c[nH]c2ccccc12)C(=O)O. The van der Waals surface area contributed by atoms with Crippen LogP contribution in [0.15, 0.2) is 30.5 Å². The van der Waals surface area contributed by atoms with Crippen molar-refractivity contribution in [3.8, 4) is 0 Å². The number of carboxylic acids is 1. The van der Waals surface area contributed by atoms with Crippen molar-refractivity contribution in [3.05, 3.63) is 36.0 Å². The summed E-state index contributed by atoms with van der Waals surface area (Å²) in [5, 5.41) is 15.7. The lowest BCUT2D eigenvalue weighted by atomic mass is 10.0. The topological polar surface area (TPSA) is 158 Å². The summed E-state index contributed by atoms with van der Waals surface area (Å²) in [5.41, 5.74) is 7.65. The number of para-hydroxylation sites is 1. The summed E-state index contributed by atoms with van der Waals surface area (Å²) >= 11 is 1.60. The fourth-order valence-corrected chi connectivity index (χ4v) is 4.77. The van der Waals surface area contributed by atoms with Crippen LogP contribution in [0.4, 0.5) is 0 Å². The van der Waals surface area contributed by atoms with Gasteiger partial charge in [-0.3, -0.25) is 14.4 Å². The lowest BCUT2D eigenvalue weighted by molar-refractivity contribution is -0.143. The van der Waals surface area contributed by atoms with Crippen LogP contribution >= 0.6 is 11.8 Å². The number of rotatable bonds is 11. The maximum absolute atomic E-state index is 12.9. The van der Waals surface area contributed by atoms with Crippen LogP contribution in [0, 0.1) is 0 Å². The molecular weight excluding hydrogens is 470 g/mol. The number of nitrogens with zero attached hydrogens (tertiary/aromatic N) is 1. The molecule has 1 saturated heterocycles. The Hall–Kier alpha value is -3.05. The molecule has 1 aromatic carbocycles. The summed E-state index contributed by atoms with van der Waals surface area (Å²) < 4.78 is 0. The number of carboxylic acid groups (broad SMARTS) is 1. The lowest BCUT2D eigenvalue weighted by Gasteiger charge is -2.28. The number of carbonyl (C=O) groups is 4. The molecule has 1 aliphatic rings. The van der Waals surface area contributed by atoms with Crippen molar-refractivity contribution < 1.29 is 24.3 Å². The Bertz CT molecular complexity index is 1070. The Morgan fingerprint density at radius 3 is 2.71 bits per heavy atom. The number of nitrogens with one attached hydrogen (secondary N) is 3. The van der Waals surface area contributed by atoms with Crippen molar-refractivity contribution in [2.24, 2.45) is 5.73 Å². The number of H-pyrrole nitrogens is 1. The van der Waals surface area contributed by atoms with Crippen LogP contribution in [0.25, 0.3) is 10.9 Å². The van der Waals surface area contributed by atoms with Crippen LogP contribution in [0.5, 0.6) is 0 Å². The van der Waals surface area contributed by atoms with E-state index < -0.39 is 42.0 Å². The molecule has 2 heterocycles. The second kappa shape index (κ2) is 12.1. The molecule has 35 heavy (non-hydrogen) atoms. The van der Waals surface area contributed by atoms with E-state index in [0.29, 0.717) is 25.8 Å². The smallest absolute Gasteiger partial charge is 0.326 e. The molecule has 0 aliphatic carbocycles. The van der Waals surface area contributed by atoms with Gasteiger partial charge in [0, 0.05) is 30.1 Å². The number of aliphatic carboxylic acids is 1. The maximum atomic E-state index is 12.9. The van der Waals surface area contributed by atoms with Crippen LogP contribution < -0.4 is 16.4 Å². The number of aromatic nitrogens is 1. The van der Waals surface area contributed by atoms with Gasteiger partial charge in [-0.2, -0.15) is 11.8 Å². The summed E-state index contributed by atoms with van der Waals surface area (Å²) in [6.07, 6.45) is 5.44. The number of nitrogens with two attached hydrogens (primary N) is 1. The molecule has 0 radical (unpaired) electrons. The molecule has 1 aliphatic heterocycles. The summed E-state index contributed by atoms with van der Waals surface area (Å²) in [5.74, 6) is -1.75. The van der Waals surface area contributed by atoms with E-state index in [1.165, 1.54) is 11.8 Å². The van der Waals surface area contributed by atoms with Gasteiger partial charge in [-0.1, -0.05) is 18.2 Å². The number of carbonyl (C=O) groups excluding carboxylic acids is 3. The predicted molar refractivity (Wildman–Crippen MR) is 135 cm³/mol. The number of aromatic amines is 1. The van der Waals surface area contributed by atoms with E-state index in [9.17, 15) is 24.3 Å². The molecule has 6 N–H and O–H groups in total. The minimum Gasteiger partial charge on any atom is -0.480 e. The Labute approximate surface area is 208 Å². The molecule has 3 rings (SSSR count). The van der Waals surface area contributed by atoms with Crippen molar-refractivity contribution in [2.75, 3.05) is 18.6 Å². The fourth-order valence-electron chi connectivity index (χ4n) is 4.28. The van der Waals surface area contributed by atoms with Crippen LogP contribution in [-0.2, 0) is 25.6 Å². The number of thioether (sulfide) groups is 1. The largest absolute Gasteiger partial charge is 0.480 e. The Morgan fingerprint density at radius 1 is 1.26 bits per heavy atom. The van der Waals surface area contributed by atoms with E-state index in [0.717, 1.165) is 22.2 Å². The quantitative estimate of drug-likeness (QED) is 0.304. The number of likely N-dealkylation sites (tertiary alicyclic amines) is 1. The first-order valence-corrected chi connectivity index (χ1v) is 13.1. The second-order valence-corrected chi connectivity index (χ2v) is 9.76. The van der Waals surface area contributed by atoms with Crippen LogP contribution in [0.1, 0.15) is 31.7 Å². The number of hydrogen-bond donors (Lipinski definition) is 5. The molecule has 4 atom stereocenters. The summed E-state index contributed by atoms with van der Waals surface area (Å²) in [4.78, 5) is 54.8. The molecule has 1 fully saturated rings. The highest BCUT2D eigenvalue weighted by atomic mass is 32.2. The zero-order chi connectivity index (χ0) is 25.5. The van der Waals surface area contributed by atoms with Gasteiger partial charge in [-0.25, -0.2) is 4.79 Å². The number of hydrogen-bond acceptors (Lipinski definition) is 6. The van der Waals surface area contributed by atoms with E-state index in [1.807, 2.05) is 30.5 Å². The zero-order valence-electron chi connectivity index (χ0n) is 20.0. The van der Waals surface area contributed by atoms with Crippen LogP contribution in [0.2, 0.25) is 0 Å². The zero-order valence-corrected chi connectivity index (χ0v) is 20.8. The Balaban J connectivity index is 1.59. The molecule has 0 bridgehead atoms. The van der Waals surface area contributed by atoms with E-state index in [4.69, 9.17) is 5.73 Å². The first-order valence-electron chi connectivity index (χ1n) is 11.7. The van der Waals surface area contributed by atoms with Crippen molar-refractivity contribution in [1.29, 1.82) is 0 Å². The first kappa shape index (κ1) is 26.6. The highest BCUT2D eigenvalue weighted by Crippen LogP contribution is 2.20. The van der Waals surface area contributed by atoms with Gasteiger partial charge < -0.3 is 31.4 Å². The monoisotopic (exact) mass is 503 g/mol. The van der Waals surface area contributed by atoms with Gasteiger partial charge in [0.05, 0.1) is 6.04 Å². The van der Waals surface area contributed by atoms with Crippen molar-refractivity contribution in [1.82, 2.24) is 20.5 Å². The van der Waals surface area contributed by atoms with Crippen LogP contribution in [0.3, 0.4) is 0 Å². The molecule has 4 unspecified atom stereocenters. The van der Waals surface area contributed by atoms with Gasteiger partial charge in [-0.05, 0) is 49.8 Å². The fraction of sp³-hybridized carbons (Fsp3) is 0.500. The number of fused-ring (bicyclic) bond motifs is 1. The normalized spacial score (nSPS) is 18.1. The molecule has 190 valence electrons. The predicted octanol–water partition coefficient (Wildman–Crippen LogP) is 0.856. The average molecular weight is 504 g/mol. The van der Waals surface area contributed by atoms with Crippen molar-refractivity contribution in [2.45, 2.75) is 56.8 Å². The van der Waals surface area contributed by atoms with Gasteiger partial charge in [-0.15, -0.1) is 0 Å². The number of amides is 3. The molecule has 2 aromatic rings. The molecular formula is C24H33N5O5S. The van der Waals surface area contributed by atoms with Gasteiger partial charge in [0.2, 0.25) is 17.7 Å². The average Bonchev–Trinajstić information content (AvgIpc) is 3.49. The molecule has 0 saturated carbocycles. The highest BCUT2D eigenvalue weighted by Gasteiger charge is 2.37. The molecule has 1 aromatic heterocycles. The highest BCUT2D eigenvalue weighted by molar-refractivity contribution is 7.98. The Morgan fingerprint density at radius 2 is 2.00 bits per heavy atom. The second-order valence-electron chi connectivity index (χ2n) is 8.77. The van der Waals surface area contributed by atoms with Crippen molar-refractivity contribution in [3.63, 3.8) is 0 Å².